The number of rotatable bonds is 1. The quantitative estimate of drug-likeness (QED) is 0.667. The third kappa shape index (κ3) is 1.99. The van der Waals surface area contributed by atoms with Gasteiger partial charge in [-0.3, -0.25) is 9.59 Å². The first-order chi connectivity index (χ1) is 11.9. The molecule has 3 nitrogen and oxygen atoms in total. The summed E-state index contributed by atoms with van der Waals surface area (Å²) < 4.78 is 5.74. The standard InChI is InChI=1S/C22H30O3/c1-12(23)25-20-7-6-16-14-5-4-13-10-19(24)15-11-18(15)22(13,3)17(14)8-9-21(16,20)2/h10,14-18,20H,4-9,11H2,1-3H3/t14-,15-,16-,17-,18?,20-,21-,22-/m0/s1. The topological polar surface area (TPSA) is 43.4 Å². The van der Waals surface area contributed by atoms with Crippen LogP contribution in [0.4, 0.5) is 0 Å². The molecule has 136 valence electrons. The zero-order valence-corrected chi connectivity index (χ0v) is 15.7. The van der Waals surface area contributed by atoms with Crippen LogP contribution in [0.25, 0.3) is 0 Å². The zero-order chi connectivity index (χ0) is 17.6. The van der Waals surface area contributed by atoms with E-state index in [-0.39, 0.29) is 22.9 Å². The van der Waals surface area contributed by atoms with E-state index >= 15 is 0 Å². The van der Waals surface area contributed by atoms with Crippen molar-refractivity contribution in [2.45, 2.75) is 71.8 Å². The van der Waals surface area contributed by atoms with E-state index in [1.165, 1.54) is 31.3 Å². The molecule has 0 heterocycles. The molecule has 3 heteroatoms. The molecule has 5 aliphatic rings. The molecule has 0 spiro atoms. The molecule has 0 amide bonds. The lowest BCUT2D eigenvalue weighted by molar-refractivity contribution is -0.157. The van der Waals surface area contributed by atoms with Gasteiger partial charge in [0.15, 0.2) is 5.78 Å². The van der Waals surface area contributed by atoms with Crippen molar-refractivity contribution in [3.8, 4) is 0 Å². The maximum atomic E-state index is 12.2. The molecule has 0 aromatic carbocycles. The van der Waals surface area contributed by atoms with Gasteiger partial charge in [0, 0.05) is 18.3 Å². The average molecular weight is 342 g/mol. The summed E-state index contributed by atoms with van der Waals surface area (Å²) in [6.45, 7) is 6.41. The van der Waals surface area contributed by atoms with Crippen molar-refractivity contribution in [2.24, 2.45) is 40.4 Å². The summed E-state index contributed by atoms with van der Waals surface area (Å²) in [7, 11) is 0. The summed E-state index contributed by atoms with van der Waals surface area (Å²) in [5.41, 5.74) is 1.90. The fraction of sp³-hybridized carbons (Fsp3) is 0.818. The van der Waals surface area contributed by atoms with Gasteiger partial charge in [0.25, 0.3) is 0 Å². The molecule has 8 atom stereocenters. The Kier molecular flexibility index (Phi) is 3.21. The summed E-state index contributed by atoms with van der Waals surface area (Å²) in [6, 6.07) is 0. The van der Waals surface area contributed by atoms with Crippen LogP contribution in [0.3, 0.4) is 0 Å². The van der Waals surface area contributed by atoms with Gasteiger partial charge < -0.3 is 4.74 Å². The highest BCUT2D eigenvalue weighted by Crippen LogP contribution is 2.71. The molecule has 4 saturated carbocycles. The summed E-state index contributed by atoms with van der Waals surface area (Å²) in [5.74, 6) is 3.39. The van der Waals surface area contributed by atoms with Gasteiger partial charge in [-0.25, -0.2) is 0 Å². The number of hydrogen-bond donors (Lipinski definition) is 0. The van der Waals surface area contributed by atoms with Crippen LogP contribution in [-0.4, -0.2) is 17.9 Å². The van der Waals surface area contributed by atoms with Crippen molar-refractivity contribution in [1.29, 1.82) is 0 Å². The summed E-state index contributed by atoms with van der Waals surface area (Å²) in [6.07, 6.45) is 10.3. The summed E-state index contributed by atoms with van der Waals surface area (Å²) >= 11 is 0. The van der Waals surface area contributed by atoms with Crippen molar-refractivity contribution in [1.82, 2.24) is 0 Å². The van der Waals surface area contributed by atoms with E-state index in [4.69, 9.17) is 4.74 Å². The van der Waals surface area contributed by atoms with Crippen LogP contribution in [0.2, 0.25) is 0 Å². The highest BCUT2D eigenvalue weighted by Gasteiger charge is 2.66. The molecule has 0 saturated heterocycles. The van der Waals surface area contributed by atoms with E-state index in [0.717, 1.165) is 31.1 Å². The monoisotopic (exact) mass is 342 g/mol. The van der Waals surface area contributed by atoms with E-state index in [2.05, 4.69) is 13.8 Å². The van der Waals surface area contributed by atoms with Crippen LogP contribution in [0.1, 0.15) is 65.7 Å². The van der Waals surface area contributed by atoms with Gasteiger partial charge in [-0.05, 0) is 80.1 Å². The minimum atomic E-state index is -0.124. The normalized spacial score (nSPS) is 53.1. The lowest BCUT2D eigenvalue weighted by Crippen LogP contribution is -2.52. The van der Waals surface area contributed by atoms with Gasteiger partial charge in [0.1, 0.15) is 6.10 Å². The molecule has 0 radical (unpaired) electrons. The molecule has 0 aromatic heterocycles. The Morgan fingerprint density at radius 2 is 1.92 bits per heavy atom. The molecule has 0 aromatic rings. The Bertz CT molecular complexity index is 679. The van der Waals surface area contributed by atoms with Gasteiger partial charge >= 0.3 is 5.97 Å². The second kappa shape index (κ2) is 4.98. The van der Waals surface area contributed by atoms with Gasteiger partial charge in [-0.15, -0.1) is 0 Å². The number of fused-ring (bicyclic) bond motifs is 7. The molecule has 4 fully saturated rings. The van der Waals surface area contributed by atoms with Crippen LogP contribution < -0.4 is 0 Å². The third-order valence-corrected chi connectivity index (χ3v) is 9.11. The van der Waals surface area contributed by atoms with E-state index in [9.17, 15) is 9.59 Å². The maximum Gasteiger partial charge on any atom is 0.302 e. The van der Waals surface area contributed by atoms with Crippen LogP contribution in [0.15, 0.2) is 11.6 Å². The number of hydrogen-bond acceptors (Lipinski definition) is 3. The Hall–Kier alpha value is -1.12. The second-order valence-electron chi connectivity index (χ2n) is 9.94. The molecular weight excluding hydrogens is 312 g/mol. The van der Waals surface area contributed by atoms with Crippen LogP contribution in [0.5, 0.6) is 0 Å². The van der Waals surface area contributed by atoms with E-state index in [1.807, 2.05) is 6.08 Å². The first-order valence-corrected chi connectivity index (χ1v) is 10.3. The molecular formula is C22H30O3. The van der Waals surface area contributed by atoms with Crippen molar-refractivity contribution in [3.05, 3.63) is 11.6 Å². The predicted molar refractivity (Wildman–Crippen MR) is 94.6 cm³/mol. The van der Waals surface area contributed by atoms with Gasteiger partial charge in [0.2, 0.25) is 0 Å². The third-order valence-electron chi connectivity index (χ3n) is 9.11. The molecule has 0 bridgehead atoms. The molecule has 25 heavy (non-hydrogen) atoms. The number of esters is 1. The van der Waals surface area contributed by atoms with Crippen LogP contribution in [-0.2, 0) is 14.3 Å². The Morgan fingerprint density at radius 3 is 2.68 bits per heavy atom. The molecule has 5 aliphatic carbocycles. The lowest BCUT2D eigenvalue weighted by atomic mass is 9.47. The second-order valence-corrected chi connectivity index (χ2v) is 9.94. The number of carbonyl (C=O) groups is 2. The average Bonchev–Trinajstić information content (AvgIpc) is 3.30. The molecule has 0 N–H and O–H groups in total. The van der Waals surface area contributed by atoms with Crippen molar-refractivity contribution in [3.63, 3.8) is 0 Å². The number of allylic oxidation sites excluding steroid dienone is 1. The highest BCUT2D eigenvalue weighted by atomic mass is 16.5. The fourth-order valence-corrected chi connectivity index (χ4v) is 7.80. The van der Waals surface area contributed by atoms with Crippen LogP contribution >= 0.6 is 0 Å². The Balaban J connectivity index is 1.47. The maximum absolute atomic E-state index is 12.2. The van der Waals surface area contributed by atoms with E-state index < -0.39 is 0 Å². The SMILES string of the molecule is CC(=O)O[C@H]1CC[C@H]2[C@@H]3CCC4=CC(=O)[C@H]5CC5[C@]4(C)[C@H]3CC[C@]12C. The Labute approximate surface area is 150 Å². The smallest absolute Gasteiger partial charge is 0.302 e. The zero-order valence-electron chi connectivity index (χ0n) is 15.7. The number of carbonyl (C=O) groups excluding carboxylic acids is 2. The van der Waals surface area contributed by atoms with Gasteiger partial charge in [-0.2, -0.15) is 0 Å². The van der Waals surface area contributed by atoms with E-state index in [1.54, 1.807) is 6.92 Å². The van der Waals surface area contributed by atoms with Crippen molar-refractivity contribution < 1.29 is 14.3 Å². The lowest BCUT2D eigenvalue weighted by Gasteiger charge is -2.58. The van der Waals surface area contributed by atoms with Crippen molar-refractivity contribution >= 4 is 11.8 Å². The number of ether oxygens (including phenoxy) is 1. The summed E-state index contributed by atoms with van der Waals surface area (Å²) in [5, 5.41) is 0. The first-order valence-electron chi connectivity index (χ1n) is 10.3. The Morgan fingerprint density at radius 1 is 1.12 bits per heavy atom. The number of ketones is 1. The molecule has 5 rings (SSSR count). The first kappa shape index (κ1) is 16.1. The van der Waals surface area contributed by atoms with Crippen molar-refractivity contribution in [2.75, 3.05) is 0 Å². The predicted octanol–water partition coefficient (Wildman–Crippen LogP) is 4.31. The minimum absolute atomic E-state index is 0.113. The highest BCUT2D eigenvalue weighted by molar-refractivity contribution is 5.96. The molecule has 0 aliphatic heterocycles. The molecule has 1 unspecified atom stereocenters. The minimum Gasteiger partial charge on any atom is -0.462 e. The van der Waals surface area contributed by atoms with E-state index in [0.29, 0.717) is 23.5 Å². The largest absolute Gasteiger partial charge is 0.462 e. The van der Waals surface area contributed by atoms with Crippen LogP contribution in [0, 0.1) is 40.4 Å². The summed E-state index contributed by atoms with van der Waals surface area (Å²) in [4.78, 5) is 23.8. The fourth-order valence-electron chi connectivity index (χ4n) is 7.80. The van der Waals surface area contributed by atoms with Gasteiger partial charge in [-0.1, -0.05) is 19.4 Å². The van der Waals surface area contributed by atoms with Gasteiger partial charge in [0.05, 0.1) is 0 Å².